The molecule has 0 bridgehead atoms. The molecule has 2 rings (SSSR count). The van der Waals surface area contributed by atoms with E-state index in [1.165, 1.54) is 12.1 Å². The Morgan fingerprint density at radius 1 is 1.00 bits per heavy atom. The molecule has 0 fully saturated rings. The zero-order chi connectivity index (χ0) is 22.1. The van der Waals surface area contributed by atoms with Crippen molar-refractivity contribution >= 4 is 23.3 Å². The predicted octanol–water partition coefficient (Wildman–Crippen LogP) is 4.93. The standard InChI is InChI=1S/C21H24F3N3O3/c1-14(2)10-19(28)26-16-6-8-17(9-7-16)27-20(29)25-12-15-4-3-5-18(11-15)30-13-21(22,23)24/h3-9,11,14H,10,12-13H2,1-2H3,(H,26,28)(H2,25,27,29). The number of alkyl halides is 3. The first kappa shape index (κ1) is 23.1. The number of hydrogen-bond acceptors (Lipinski definition) is 3. The van der Waals surface area contributed by atoms with Crippen LogP contribution in [0.3, 0.4) is 0 Å². The molecular formula is C21H24F3N3O3. The number of amides is 3. The second kappa shape index (κ2) is 10.5. The lowest BCUT2D eigenvalue weighted by Gasteiger charge is -2.11. The van der Waals surface area contributed by atoms with Crippen LogP contribution < -0.4 is 20.7 Å². The van der Waals surface area contributed by atoms with E-state index >= 15 is 0 Å². The molecule has 0 radical (unpaired) electrons. The molecule has 0 aromatic heterocycles. The number of hydrogen-bond donors (Lipinski definition) is 3. The van der Waals surface area contributed by atoms with Gasteiger partial charge in [0.2, 0.25) is 5.91 Å². The summed E-state index contributed by atoms with van der Waals surface area (Å²) in [6.45, 7) is 2.64. The van der Waals surface area contributed by atoms with Crippen molar-refractivity contribution in [2.75, 3.05) is 17.2 Å². The Bertz CT molecular complexity index is 853. The van der Waals surface area contributed by atoms with Crippen LogP contribution in [-0.2, 0) is 11.3 Å². The fraction of sp³-hybridized carbons (Fsp3) is 0.333. The Morgan fingerprint density at radius 2 is 1.63 bits per heavy atom. The molecule has 0 saturated heterocycles. The summed E-state index contributed by atoms with van der Waals surface area (Å²) in [5.74, 6) is 0.249. The molecule has 162 valence electrons. The second-order valence-corrected chi connectivity index (χ2v) is 7.08. The van der Waals surface area contributed by atoms with Gasteiger partial charge in [0.15, 0.2) is 6.61 Å². The SMILES string of the molecule is CC(C)CC(=O)Nc1ccc(NC(=O)NCc2cccc(OCC(F)(F)F)c2)cc1. The van der Waals surface area contributed by atoms with E-state index < -0.39 is 18.8 Å². The van der Waals surface area contributed by atoms with E-state index in [1.54, 1.807) is 36.4 Å². The van der Waals surface area contributed by atoms with Crippen LogP contribution in [0.1, 0.15) is 25.8 Å². The van der Waals surface area contributed by atoms with Crippen molar-refractivity contribution in [3.8, 4) is 5.75 Å². The highest BCUT2D eigenvalue weighted by atomic mass is 19.4. The molecule has 0 saturated carbocycles. The van der Waals surface area contributed by atoms with Crippen molar-refractivity contribution < 1.29 is 27.5 Å². The Hall–Kier alpha value is -3.23. The van der Waals surface area contributed by atoms with Gasteiger partial charge in [-0.2, -0.15) is 13.2 Å². The minimum absolute atomic E-state index is 0.0714. The average molecular weight is 423 g/mol. The van der Waals surface area contributed by atoms with Gasteiger partial charge in [0.05, 0.1) is 0 Å². The lowest BCUT2D eigenvalue weighted by Crippen LogP contribution is -2.28. The summed E-state index contributed by atoms with van der Waals surface area (Å²) in [5, 5.41) is 8.04. The first-order valence-electron chi connectivity index (χ1n) is 9.34. The fourth-order valence-electron chi connectivity index (χ4n) is 2.49. The van der Waals surface area contributed by atoms with E-state index in [9.17, 15) is 22.8 Å². The molecule has 0 heterocycles. The lowest BCUT2D eigenvalue weighted by molar-refractivity contribution is -0.153. The Labute approximate surface area is 172 Å². The summed E-state index contributed by atoms with van der Waals surface area (Å²) in [4.78, 5) is 23.8. The summed E-state index contributed by atoms with van der Waals surface area (Å²) in [6, 6.07) is 12.2. The average Bonchev–Trinajstić information content (AvgIpc) is 2.65. The van der Waals surface area contributed by atoms with Gasteiger partial charge in [0.1, 0.15) is 5.75 Å². The van der Waals surface area contributed by atoms with Gasteiger partial charge in [0, 0.05) is 24.3 Å². The van der Waals surface area contributed by atoms with Crippen LogP contribution >= 0.6 is 0 Å². The molecule has 0 atom stereocenters. The summed E-state index contributed by atoms with van der Waals surface area (Å²) in [5.41, 5.74) is 1.74. The third-order valence-electron chi connectivity index (χ3n) is 3.77. The molecule has 0 spiro atoms. The maximum absolute atomic E-state index is 12.2. The number of ether oxygens (including phenoxy) is 1. The van der Waals surface area contributed by atoms with Gasteiger partial charge in [-0.3, -0.25) is 4.79 Å². The molecule has 3 N–H and O–H groups in total. The van der Waals surface area contributed by atoms with E-state index in [-0.39, 0.29) is 24.1 Å². The molecule has 0 unspecified atom stereocenters. The number of carbonyl (C=O) groups is 2. The monoisotopic (exact) mass is 423 g/mol. The van der Waals surface area contributed by atoms with Crippen molar-refractivity contribution in [3.05, 3.63) is 54.1 Å². The van der Waals surface area contributed by atoms with E-state index in [0.717, 1.165) is 0 Å². The first-order chi connectivity index (χ1) is 14.1. The number of halogens is 3. The molecule has 6 nitrogen and oxygen atoms in total. The molecule has 0 aliphatic heterocycles. The van der Waals surface area contributed by atoms with Crippen LogP contribution in [0, 0.1) is 5.92 Å². The Morgan fingerprint density at radius 3 is 2.23 bits per heavy atom. The van der Waals surface area contributed by atoms with Gasteiger partial charge >= 0.3 is 12.2 Å². The molecule has 9 heteroatoms. The molecule has 3 amide bonds. The highest BCUT2D eigenvalue weighted by Gasteiger charge is 2.28. The van der Waals surface area contributed by atoms with E-state index in [4.69, 9.17) is 0 Å². The first-order valence-corrected chi connectivity index (χ1v) is 9.34. The molecule has 0 aliphatic rings. The molecule has 0 aliphatic carbocycles. The highest BCUT2D eigenvalue weighted by molar-refractivity contribution is 5.92. The summed E-state index contributed by atoms with van der Waals surface area (Å²) in [7, 11) is 0. The minimum Gasteiger partial charge on any atom is -0.484 e. The largest absolute Gasteiger partial charge is 0.484 e. The zero-order valence-corrected chi connectivity index (χ0v) is 16.7. The van der Waals surface area contributed by atoms with Gasteiger partial charge in [-0.1, -0.05) is 26.0 Å². The van der Waals surface area contributed by atoms with Gasteiger partial charge in [-0.15, -0.1) is 0 Å². The normalized spacial score (nSPS) is 11.1. The molecule has 2 aromatic carbocycles. The quantitative estimate of drug-likeness (QED) is 0.563. The number of nitrogens with one attached hydrogen (secondary N) is 3. The number of anilines is 2. The lowest BCUT2D eigenvalue weighted by atomic mass is 10.1. The van der Waals surface area contributed by atoms with E-state index in [0.29, 0.717) is 23.4 Å². The Balaban J connectivity index is 1.81. The van der Waals surface area contributed by atoms with Crippen molar-refractivity contribution in [2.24, 2.45) is 5.92 Å². The topological polar surface area (TPSA) is 79.5 Å². The second-order valence-electron chi connectivity index (χ2n) is 7.08. The van der Waals surface area contributed by atoms with E-state index in [1.807, 2.05) is 13.8 Å². The minimum atomic E-state index is -4.42. The number of carbonyl (C=O) groups excluding carboxylic acids is 2. The highest BCUT2D eigenvalue weighted by Crippen LogP contribution is 2.19. The van der Waals surface area contributed by atoms with Gasteiger partial charge in [-0.05, 0) is 47.9 Å². The summed E-state index contributed by atoms with van der Waals surface area (Å²) < 4.78 is 41.4. The van der Waals surface area contributed by atoms with Gasteiger partial charge in [0.25, 0.3) is 0 Å². The van der Waals surface area contributed by atoms with E-state index in [2.05, 4.69) is 20.7 Å². The molecular weight excluding hydrogens is 399 g/mol. The maximum atomic E-state index is 12.2. The number of urea groups is 1. The van der Waals surface area contributed by atoms with Crippen LogP contribution in [0.2, 0.25) is 0 Å². The van der Waals surface area contributed by atoms with Crippen LogP contribution in [0.4, 0.5) is 29.3 Å². The molecule has 2 aromatic rings. The third kappa shape index (κ3) is 8.85. The number of benzene rings is 2. The van der Waals surface area contributed by atoms with Crippen molar-refractivity contribution in [1.29, 1.82) is 0 Å². The smallest absolute Gasteiger partial charge is 0.422 e. The van der Waals surface area contributed by atoms with Crippen molar-refractivity contribution in [3.63, 3.8) is 0 Å². The number of rotatable bonds is 8. The fourth-order valence-corrected chi connectivity index (χ4v) is 2.49. The van der Waals surface area contributed by atoms with Crippen molar-refractivity contribution in [1.82, 2.24) is 5.32 Å². The van der Waals surface area contributed by atoms with Gasteiger partial charge in [-0.25, -0.2) is 4.79 Å². The van der Waals surface area contributed by atoms with Crippen molar-refractivity contribution in [2.45, 2.75) is 33.0 Å². The molecule has 30 heavy (non-hydrogen) atoms. The summed E-state index contributed by atoms with van der Waals surface area (Å²) >= 11 is 0. The summed E-state index contributed by atoms with van der Waals surface area (Å²) in [6.07, 6.45) is -3.99. The van der Waals surface area contributed by atoms with Crippen LogP contribution in [0.5, 0.6) is 5.75 Å². The Kier molecular flexibility index (Phi) is 8.08. The van der Waals surface area contributed by atoms with Crippen LogP contribution in [0.25, 0.3) is 0 Å². The van der Waals surface area contributed by atoms with Crippen LogP contribution in [0.15, 0.2) is 48.5 Å². The predicted molar refractivity (Wildman–Crippen MR) is 108 cm³/mol. The van der Waals surface area contributed by atoms with Gasteiger partial charge < -0.3 is 20.7 Å². The zero-order valence-electron chi connectivity index (χ0n) is 16.7. The maximum Gasteiger partial charge on any atom is 0.422 e. The van der Waals surface area contributed by atoms with Crippen LogP contribution in [-0.4, -0.2) is 24.7 Å². The third-order valence-corrected chi connectivity index (χ3v) is 3.77.